The van der Waals surface area contributed by atoms with Gasteiger partial charge < -0.3 is 15.2 Å². The quantitative estimate of drug-likeness (QED) is 0.896. The van der Waals surface area contributed by atoms with Crippen LogP contribution >= 0.6 is 0 Å². The van der Waals surface area contributed by atoms with Gasteiger partial charge in [-0.25, -0.2) is 9.78 Å². The highest BCUT2D eigenvalue weighted by Crippen LogP contribution is 2.28. The fraction of sp³-hybridized carbons (Fsp3) is 0.133. The molecule has 0 fully saturated rings. The number of aromatic carboxylic acids is 1. The maximum Gasteiger partial charge on any atom is 0.339 e. The van der Waals surface area contributed by atoms with Crippen molar-refractivity contribution in [2.75, 3.05) is 5.32 Å². The van der Waals surface area contributed by atoms with Crippen molar-refractivity contribution < 1.29 is 19.4 Å². The SMILES string of the molecule is O=C(O)c1cccnc1NC(=O)C1Cc2ccccc2O1. The Kier molecular flexibility index (Phi) is 3.27. The van der Waals surface area contributed by atoms with Gasteiger partial charge in [-0.3, -0.25) is 4.79 Å². The Morgan fingerprint density at radius 3 is 2.81 bits per heavy atom. The lowest BCUT2D eigenvalue weighted by Gasteiger charge is -2.12. The van der Waals surface area contributed by atoms with E-state index in [0.29, 0.717) is 12.2 Å². The Labute approximate surface area is 120 Å². The first-order chi connectivity index (χ1) is 10.1. The van der Waals surface area contributed by atoms with Gasteiger partial charge in [-0.1, -0.05) is 18.2 Å². The van der Waals surface area contributed by atoms with Crippen LogP contribution in [0.3, 0.4) is 0 Å². The number of amides is 1. The Balaban J connectivity index is 1.76. The molecule has 3 rings (SSSR count). The van der Waals surface area contributed by atoms with Gasteiger partial charge in [-0.15, -0.1) is 0 Å². The summed E-state index contributed by atoms with van der Waals surface area (Å²) in [6.45, 7) is 0. The minimum atomic E-state index is -1.14. The highest BCUT2D eigenvalue weighted by atomic mass is 16.5. The molecule has 0 radical (unpaired) electrons. The first kappa shape index (κ1) is 13.1. The number of hydrogen-bond donors (Lipinski definition) is 2. The lowest BCUT2D eigenvalue weighted by atomic mass is 10.1. The molecule has 1 aromatic heterocycles. The van der Waals surface area contributed by atoms with E-state index in [0.717, 1.165) is 5.56 Å². The van der Waals surface area contributed by atoms with Crippen molar-refractivity contribution in [2.24, 2.45) is 0 Å². The maximum absolute atomic E-state index is 12.2. The smallest absolute Gasteiger partial charge is 0.339 e. The van der Waals surface area contributed by atoms with Crippen LogP contribution in [0.25, 0.3) is 0 Å². The summed E-state index contributed by atoms with van der Waals surface area (Å²) in [6, 6.07) is 10.3. The zero-order valence-electron chi connectivity index (χ0n) is 10.9. The van der Waals surface area contributed by atoms with E-state index in [2.05, 4.69) is 10.3 Å². The lowest BCUT2D eigenvalue weighted by Crippen LogP contribution is -2.32. The number of carboxylic acid groups (broad SMARTS) is 1. The Morgan fingerprint density at radius 2 is 2.05 bits per heavy atom. The molecule has 0 saturated heterocycles. The van der Waals surface area contributed by atoms with Crippen LogP contribution in [0.1, 0.15) is 15.9 Å². The molecule has 6 heteroatoms. The number of para-hydroxylation sites is 1. The van der Waals surface area contributed by atoms with Gasteiger partial charge in [-0.2, -0.15) is 0 Å². The number of benzene rings is 1. The van der Waals surface area contributed by atoms with Gasteiger partial charge in [0, 0.05) is 12.6 Å². The fourth-order valence-electron chi connectivity index (χ4n) is 2.20. The van der Waals surface area contributed by atoms with Crippen LogP contribution in [0.5, 0.6) is 5.75 Å². The molecule has 2 N–H and O–H groups in total. The van der Waals surface area contributed by atoms with E-state index < -0.39 is 18.0 Å². The van der Waals surface area contributed by atoms with Crippen molar-refractivity contribution in [3.63, 3.8) is 0 Å². The minimum Gasteiger partial charge on any atom is -0.480 e. The molecule has 21 heavy (non-hydrogen) atoms. The van der Waals surface area contributed by atoms with Gasteiger partial charge in [-0.05, 0) is 23.8 Å². The van der Waals surface area contributed by atoms with Gasteiger partial charge in [0.05, 0.1) is 0 Å². The molecule has 1 unspecified atom stereocenters. The molecule has 0 spiro atoms. The maximum atomic E-state index is 12.2. The summed E-state index contributed by atoms with van der Waals surface area (Å²) in [5.74, 6) is -0.854. The molecule has 106 valence electrons. The molecule has 1 aromatic carbocycles. The molecule has 2 heterocycles. The number of aromatic nitrogens is 1. The number of pyridine rings is 1. The number of carbonyl (C=O) groups excluding carboxylic acids is 1. The second-order valence-electron chi connectivity index (χ2n) is 4.61. The van der Waals surface area contributed by atoms with Gasteiger partial charge in [0.15, 0.2) is 6.10 Å². The topological polar surface area (TPSA) is 88.5 Å². The Hall–Kier alpha value is -2.89. The molecule has 0 aliphatic carbocycles. The van der Waals surface area contributed by atoms with E-state index in [1.807, 2.05) is 18.2 Å². The average molecular weight is 284 g/mol. The van der Waals surface area contributed by atoms with Crippen molar-refractivity contribution in [3.8, 4) is 5.75 Å². The number of nitrogens with zero attached hydrogens (tertiary/aromatic N) is 1. The van der Waals surface area contributed by atoms with Crippen LogP contribution in [0.15, 0.2) is 42.6 Å². The first-order valence-corrected chi connectivity index (χ1v) is 6.39. The third-order valence-corrected chi connectivity index (χ3v) is 3.22. The summed E-state index contributed by atoms with van der Waals surface area (Å²) < 4.78 is 5.55. The number of rotatable bonds is 3. The number of carboxylic acids is 1. The summed E-state index contributed by atoms with van der Waals surface area (Å²) in [7, 11) is 0. The molecule has 2 aromatic rings. The van der Waals surface area contributed by atoms with Crippen LogP contribution in [0.4, 0.5) is 5.82 Å². The molecule has 1 atom stereocenters. The second-order valence-corrected chi connectivity index (χ2v) is 4.61. The predicted molar refractivity (Wildman–Crippen MR) is 74.4 cm³/mol. The normalized spacial score (nSPS) is 15.9. The number of hydrogen-bond acceptors (Lipinski definition) is 4. The largest absolute Gasteiger partial charge is 0.480 e. The number of fused-ring (bicyclic) bond motifs is 1. The second kappa shape index (κ2) is 5.24. The zero-order chi connectivity index (χ0) is 14.8. The van der Waals surface area contributed by atoms with E-state index in [-0.39, 0.29) is 11.4 Å². The third kappa shape index (κ3) is 2.55. The highest BCUT2D eigenvalue weighted by Gasteiger charge is 2.29. The van der Waals surface area contributed by atoms with Gasteiger partial charge in [0.2, 0.25) is 0 Å². The van der Waals surface area contributed by atoms with Crippen LogP contribution in [-0.2, 0) is 11.2 Å². The van der Waals surface area contributed by atoms with Crippen LogP contribution in [0.2, 0.25) is 0 Å². The van der Waals surface area contributed by atoms with Gasteiger partial charge in [0.25, 0.3) is 5.91 Å². The summed E-state index contributed by atoms with van der Waals surface area (Å²) in [5.41, 5.74) is 0.901. The van der Waals surface area contributed by atoms with E-state index in [4.69, 9.17) is 9.84 Å². The molecule has 0 saturated carbocycles. The molecular weight excluding hydrogens is 272 g/mol. The summed E-state index contributed by atoms with van der Waals surface area (Å²) in [5, 5.41) is 11.6. The van der Waals surface area contributed by atoms with Crippen molar-refractivity contribution >= 4 is 17.7 Å². The Bertz CT molecular complexity index is 689. The van der Waals surface area contributed by atoms with Gasteiger partial charge in [0.1, 0.15) is 17.1 Å². The van der Waals surface area contributed by atoms with E-state index in [9.17, 15) is 9.59 Å². The Morgan fingerprint density at radius 1 is 1.24 bits per heavy atom. The van der Waals surface area contributed by atoms with Crippen LogP contribution < -0.4 is 10.1 Å². The predicted octanol–water partition coefficient (Wildman–Crippen LogP) is 1.72. The molecule has 6 nitrogen and oxygen atoms in total. The number of anilines is 1. The number of carbonyl (C=O) groups is 2. The number of ether oxygens (including phenoxy) is 1. The average Bonchev–Trinajstić information content (AvgIpc) is 2.91. The molecular formula is C15H12N2O4. The molecule has 0 bridgehead atoms. The standard InChI is InChI=1S/C15H12N2O4/c18-14(12-8-9-4-1-2-6-11(9)21-12)17-13-10(15(19)20)5-3-7-16-13/h1-7,12H,8H2,(H,19,20)(H,16,17,18). The third-order valence-electron chi connectivity index (χ3n) is 3.22. The summed E-state index contributed by atoms with van der Waals surface area (Å²) in [6.07, 6.45) is 1.20. The monoisotopic (exact) mass is 284 g/mol. The zero-order valence-corrected chi connectivity index (χ0v) is 10.9. The molecule has 1 aliphatic rings. The van der Waals surface area contributed by atoms with E-state index in [1.54, 1.807) is 6.07 Å². The van der Waals surface area contributed by atoms with Crippen LogP contribution in [0, 0.1) is 0 Å². The van der Waals surface area contributed by atoms with E-state index >= 15 is 0 Å². The van der Waals surface area contributed by atoms with Crippen molar-refractivity contribution in [3.05, 3.63) is 53.7 Å². The lowest BCUT2D eigenvalue weighted by molar-refractivity contribution is -0.122. The minimum absolute atomic E-state index is 0.0227. The van der Waals surface area contributed by atoms with Crippen molar-refractivity contribution in [1.29, 1.82) is 0 Å². The van der Waals surface area contributed by atoms with E-state index in [1.165, 1.54) is 18.3 Å². The van der Waals surface area contributed by atoms with Crippen molar-refractivity contribution in [1.82, 2.24) is 4.98 Å². The molecule has 1 amide bonds. The van der Waals surface area contributed by atoms with Crippen molar-refractivity contribution in [2.45, 2.75) is 12.5 Å². The number of nitrogens with one attached hydrogen (secondary N) is 1. The first-order valence-electron chi connectivity index (χ1n) is 6.39. The van der Waals surface area contributed by atoms with Gasteiger partial charge >= 0.3 is 5.97 Å². The summed E-state index contributed by atoms with van der Waals surface area (Å²) >= 11 is 0. The summed E-state index contributed by atoms with van der Waals surface area (Å²) in [4.78, 5) is 27.2. The molecule has 1 aliphatic heterocycles. The highest BCUT2D eigenvalue weighted by molar-refractivity contribution is 6.01. The fourth-order valence-corrected chi connectivity index (χ4v) is 2.20. The van der Waals surface area contributed by atoms with Crippen LogP contribution in [-0.4, -0.2) is 28.1 Å².